The van der Waals surface area contributed by atoms with Gasteiger partial charge in [-0.3, -0.25) is 0 Å². The van der Waals surface area contributed by atoms with E-state index in [0.29, 0.717) is 6.61 Å². The minimum Gasteiger partial charge on any atom is -0.494 e. The van der Waals surface area contributed by atoms with E-state index >= 15 is 0 Å². The molecule has 0 spiro atoms. The average molecular weight is 486 g/mol. The predicted octanol–water partition coefficient (Wildman–Crippen LogP) is 4.17. The zero-order chi connectivity index (χ0) is 22.6. The predicted molar refractivity (Wildman–Crippen MR) is 121 cm³/mol. The van der Waals surface area contributed by atoms with E-state index in [1.54, 1.807) is 11.0 Å². The zero-order valence-electron chi connectivity index (χ0n) is 17.3. The van der Waals surface area contributed by atoms with Gasteiger partial charge in [-0.15, -0.1) is 0 Å². The van der Waals surface area contributed by atoms with Gasteiger partial charge in [0.05, 0.1) is 22.7 Å². The Morgan fingerprint density at radius 1 is 1.10 bits per heavy atom. The molecule has 10 heteroatoms. The molecule has 2 aromatic carbocycles. The van der Waals surface area contributed by atoms with E-state index in [9.17, 15) is 13.2 Å². The molecule has 0 radical (unpaired) electrons. The topological polar surface area (TPSA) is 79.0 Å². The first kappa shape index (κ1) is 23.7. The molecule has 0 bridgehead atoms. The number of piperazine rings is 1. The number of sulfonamides is 1. The monoisotopic (exact) mass is 485 g/mol. The molecule has 31 heavy (non-hydrogen) atoms. The van der Waals surface area contributed by atoms with E-state index in [1.807, 2.05) is 38.1 Å². The molecule has 0 saturated carbocycles. The molecule has 1 atom stereocenters. The summed E-state index contributed by atoms with van der Waals surface area (Å²) >= 11 is 12.2. The Morgan fingerprint density at radius 3 is 2.32 bits per heavy atom. The molecule has 7 nitrogen and oxygen atoms in total. The van der Waals surface area contributed by atoms with Crippen LogP contribution in [0, 0.1) is 0 Å². The van der Waals surface area contributed by atoms with Crippen LogP contribution in [0.1, 0.15) is 25.5 Å². The zero-order valence-corrected chi connectivity index (χ0v) is 19.7. The standard InChI is InChI=1S/C21H25Cl2N3O4S/c1-3-30-17-7-4-6-16(14-17)15(2)24-21(27)25-10-12-26(13-11-25)31(28,29)20-18(22)8-5-9-19(20)23/h4-9,14-15H,3,10-13H2,1-2H3,(H,24,27). The van der Waals surface area contributed by atoms with Gasteiger partial charge in [0.2, 0.25) is 10.0 Å². The van der Waals surface area contributed by atoms with Crippen molar-refractivity contribution in [2.75, 3.05) is 32.8 Å². The van der Waals surface area contributed by atoms with Crippen molar-refractivity contribution >= 4 is 39.3 Å². The minimum absolute atomic E-state index is 0.0794. The summed E-state index contributed by atoms with van der Waals surface area (Å²) < 4.78 is 32.8. The lowest BCUT2D eigenvalue weighted by Crippen LogP contribution is -2.53. The first-order chi connectivity index (χ1) is 14.7. The minimum atomic E-state index is -3.85. The van der Waals surface area contributed by atoms with Crippen molar-refractivity contribution in [3.63, 3.8) is 0 Å². The molecule has 1 N–H and O–H groups in total. The molecule has 2 aromatic rings. The number of carbonyl (C=O) groups excluding carboxylic acids is 1. The van der Waals surface area contributed by atoms with Gasteiger partial charge in [0.15, 0.2) is 0 Å². The number of halogens is 2. The maximum Gasteiger partial charge on any atom is 0.317 e. The van der Waals surface area contributed by atoms with Gasteiger partial charge in [-0.25, -0.2) is 13.2 Å². The molecule has 1 aliphatic heterocycles. The van der Waals surface area contributed by atoms with Crippen LogP contribution in [0.2, 0.25) is 10.0 Å². The molecule has 2 amide bonds. The number of carbonyl (C=O) groups is 1. The summed E-state index contributed by atoms with van der Waals surface area (Å²) in [5.41, 5.74) is 0.925. The van der Waals surface area contributed by atoms with Crippen LogP contribution in [0.4, 0.5) is 4.79 Å². The van der Waals surface area contributed by atoms with Gasteiger partial charge in [-0.05, 0) is 43.7 Å². The van der Waals surface area contributed by atoms with Gasteiger partial charge in [-0.2, -0.15) is 4.31 Å². The highest BCUT2D eigenvalue weighted by Crippen LogP contribution is 2.32. The lowest BCUT2D eigenvalue weighted by Gasteiger charge is -2.34. The van der Waals surface area contributed by atoms with Gasteiger partial charge in [0.25, 0.3) is 0 Å². The highest BCUT2D eigenvalue weighted by Gasteiger charge is 2.33. The quantitative estimate of drug-likeness (QED) is 0.665. The summed E-state index contributed by atoms with van der Waals surface area (Å²) in [4.78, 5) is 14.2. The van der Waals surface area contributed by atoms with Gasteiger partial charge in [0, 0.05) is 26.2 Å². The van der Waals surface area contributed by atoms with Crippen LogP contribution in [-0.4, -0.2) is 56.4 Å². The SMILES string of the molecule is CCOc1cccc(C(C)NC(=O)N2CCN(S(=O)(=O)c3c(Cl)cccc3Cl)CC2)c1. The lowest BCUT2D eigenvalue weighted by atomic mass is 10.1. The highest BCUT2D eigenvalue weighted by atomic mass is 35.5. The van der Waals surface area contributed by atoms with Gasteiger partial charge < -0.3 is 15.0 Å². The Labute approximate surface area is 192 Å². The smallest absolute Gasteiger partial charge is 0.317 e. The van der Waals surface area contributed by atoms with Gasteiger partial charge >= 0.3 is 6.03 Å². The molecule has 0 aliphatic carbocycles. The van der Waals surface area contributed by atoms with Crippen LogP contribution in [0.3, 0.4) is 0 Å². The molecule has 1 saturated heterocycles. The van der Waals surface area contributed by atoms with E-state index in [0.717, 1.165) is 11.3 Å². The number of hydrogen-bond acceptors (Lipinski definition) is 4. The fraction of sp³-hybridized carbons (Fsp3) is 0.381. The van der Waals surface area contributed by atoms with Crippen molar-refractivity contribution in [1.29, 1.82) is 0 Å². The molecule has 168 valence electrons. The van der Waals surface area contributed by atoms with Crippen LogP contribution in [0.15, 0.2) is 47.4 Å². The lowest BCUT2D eigenvalue weighted by molar-refractivity contribution is 0.169. The number of urea groups is 1. The first-order valence-corrected chi connectivity index (χ1v) is 12.2. The van der Waals surface area contributed by atoms with Gasteiger partial charge in [0.1, 0.15) is 10.6 Å². The van der Waals surface area contributed by atoms with Crippen molar-refractivity contribution in [3.8, 4) is 5.75 Å². The second-order valence-electron chi connectivity index (χ2n) is 7.12. The van der Waals surface area contributed by atoms with E-state index in [2.05, 4.69) is 5.32 Å². The summed E-state index contributed by atoms with van der Waals surface area (Å²) in [6.07, 6.45) is 0. The third-order valence-corrected chi connectivity index (χ3v) is 7.91. The molecule has 3 rings (SSSR count). The molecular formula is C21H25Cl2N3O4S. The summed E-state index contributed by atoms with van der Waals surface area (Å²) in [6.45, 7) is 5.21. The number of nitrogens with zero attached hydrogens (tertiary/aromatic N) is 2. The van der Waals surface area contributed by atoms with Crippen molar-refractivity contribution in [3.05, 3.63) is 58.1 Å². The fourth-order valence-corrected chi connectivity index (χ4v) is 5.90. The van der Waals surface area contributed by atoms with E-state index in [-0.39, 0.29) is 53.2 Å². The molecule has 1 fully saturated rings. The Bertz CT molecular complexity index is 1020. The Morgan fingerprint density at radius 2 is 1.71 bits per heavy atom. The summed E-state index contributed by atoms with van der Waals surface area (Å²) in [5, 5.41) is 3.12. The molecule has 0 aromatic heterocycles. The fourth-order valence-electron chi connectivity index (χ4n) is 3.39. The maximum absolute atomic E-state index is 13.0. The number of nitrogens with one attached hydrogen (secondary N) is 1. The highest BCUT2D eigenvalue weighted by molar-refractivity contribution is 7.89. The summed E-state index contributed by atoms with van der Waals surface area (Å²) in [5.74, 6) is 0.748. The van der Waals surface area contributed by atoms with Crippen LogP contribution in [0.5, 0.6) is 5.75 Å². The Kier molecular flexibility index (Phi) is 7.69. The number of ether oxygens (including phenoxy) is 1. The second-order valence-corrected chi connectivity index (χ2v) is 9.81. The molecular weight excluding hydrogens is 461 g/mol. The molecule has 1 heterocycles. The number of hydrogen-bond donors (Lipinski definition) is 1. The van der Waals surface area contributed by atoms with Crippen LogP contribution < -0.4 is 10.1 Å². The van der Waals surface area contributed by atoms with Crippen molar-refractivity contribution in [2.45, 2.75) is 24.8 Å². The maximum atomic E-state index is 13.0. The van der Waals surface area contributed by atoms with Gasteiger partial charge in [-0.1, -0.05) is 41.4 Å². The number of rotatable bonds is 6. The first-order valence-electron chi connectivity index (χ1n) is 9.96. The van der Waals surface area contributed by atoms with E-state index in [4.69, 9.17) is 27.9 Å². The third kappa shape index (κ3) is 5.44. The normalized spacial score (nSPS) is 16.1. The van der Waals surface area contributed by atoms with E-state index in [1.165, 1.54) is 16.4 Å². The average Bonchev–Trinajstić information content (AvgIpc) is 2.74. The summed E-state index contributed by atoms with van der Waals surface area (Å²) in [7, 11) is -3.85. The summed E-state index contributed by atoms with van der Waals surface area (Å²) in [6, 6.07) is 11.7. The Hall–Kier alpha value is -2.00. The number of amides is 2. The van der Waals surface area contributed by atoms with Crippen molar-refractivity contribution in [1.82, 2.24) is 14.5 Å². The Balaban J connectivity index is 1.61. The molecule has 1 unspecified atom stereocenters. The van der Waals surface area contributed by atoms with E-state index < -0.39 is 10.0 Å². The van der Waals surface area contributed by atoms with Crippen molar-refractivity contribution in [2.24, 2.45) is 0 Å². The van der Waals surface area contributed by atoms with Crippen LogP contribution in [0.25, 0.3) is 0 Å². The third-order valence-electron chi connectivity index (χ3n) is 5.05. The largest absolute Gasteiger partial charge is 0.494 e. The van der Waals surface area contributed by atoms with Crippen LogP contribution >= 0.6 is 23.2 Å². The van der Waals surface area contributed by atoms with Crippen LogP contribution in [-0.2, 0) is 10.0 Å². The molecule has 1 aliphatic rings. The number of benzene rings is 2. The second kappa shape index (κ2) is 10.1. The van der Waals surface area contributed by atoms with Crippen molar-refractivity contribution < 1.29 is 17.9 Å².